The van der Waals surface area contributed by atoms with E-state index in [9.17, 15) is 4.39 Å². The Hall–Kier alpha value is -1.38. The molecule has 0 fully saturated rings. The molecule has 1 nitrogen and oxygen atoms in total. The Bertz CT molecular complexity index is 604. The second kappa shape index (κ2) is 7.06. The number of hydrogen-bond acceptors (Lipinski definition) is 1. The van der Waals surface area contributed by atoms with E-state index in [-0.39, 0.29) is 11.9 Å². The van der Waals surface area contributed by atoms with Crippen LogP contribution in [0.5, 0.6) is 0 Å². The van der Waals surface area contributed by atoms with Crippen LogP contribution in [0.25, 0.3) is 0 Å². The van der Waals surface area contributed by atoms with Crippen LogP contribution in [0.1, 0.15) is 41.6 Å². The molecule has 0 radical (unpaired) electrons. The van der Waals surface area contributed by atoms with Gasteiger partial charge in [-0.3, -0.25) is 0 Å². The molecule has 1 N–H and O–H groups in total. The number of rotatable bonds is 5. The second-order valence-electron chi connectivity index (χ2n) is 5.31. The summed E-state index contributed by atoms with van der Waals surface area (Å²) in [6, 6.07) is 10.7. The van der Waals surface area contributed by atoms with Gasteiger partial charge in [0.05, 0.1) is 6.04 Å². The van der Waals surface area contributed by atoms with Crippen molar-refractivity contribution < 1.29 is 4.39 Å². The number of benzene rings is 2. The van der Waals surface area contributed by atoms with Crippen LogP contribution in [-0.2, 0) is 0 Å². The predicted octanol–water partition coefficient (Wildman–Crippen LogP) is 5.18. The summed E-state index contributed by atoms with van der Waals surface area (Å²) in [6.07, 6.45) is 0.980. The summed E-state index contributed by atoms with van der Waals surface area (Å²) < 4.78 is 14.3. The first-order valence-electron chi connectivity index (χ1n) is 7.29. The zero-order valence-corrected chi connectivity index (χ0v) is 13.5. The quantitative estimate of drug-likeness (QED) is 0.802. The summed E-state index contributed by atoms with van der Waals surface area (Å²) in [6.45, 7) is 7.04. The molecule has 0 heterocycles. The monoisotopic (exact) mass is 305 g/mol. The van der Waals surface area contributed by atoms with Crippen molar-refractivity contribution in [2.24, 2.45) is 0 Å². The first-order valence-corrected chi connectivity index (χ1v) is 7.67. The molecule has 0 amide bonds. The van der Waals surface area contributed by atoms with E-state index in [0.29, 0.717) is 10.6 Å². The minimum Gasteiger partial charge on any atom is -0.306 e. The van der Waals surface area contributed by atoms with Crippen LogP contribution >= 0.6 is 11.6 Å². The normalized spacial score (nSPS) is 12.4. The van der Waals surface area contributed by atoms with Crippen LogP contribution in [0.3, 0.4) is 0 Å². The van der Waals surface area contributed by atoms with Crippen molar-refractivity contribution in [3.05, 3.63) is 69.5 Å². The number of aryl methyl sites for hydroxylation is 1. The molecule has 0 spiro atoms. The Morgan fingerprint density at radius 1 is 1.14 bits per heavy atom. The van der Waals surface area contributed by atoms with Crippen LogP contribution < -0.4 is 5.32 Å². The molecule has 0 aliphatic rings. The van der Waals surface area contributed by atoms with Gasteiger partial charge in [-0.25, -0.2) is 4.39 Å². The van der Waals surface area contributed by atoms with E-state index in [1.54, 1.807) is 12.1 Å². The zero-order chi connectivity index (χ0) is 15.4. The molecule has 0 saturated carbocycles. The van der Waals surface area contributed by atoms with Gasteiger partial charge in [-0.1, -0.05) is 42.8 Å². The highest BCUT2D eigenvalue weighted by molar-refractivity contribution is 6.31. The van der Waals surface area contributed by atoms with E-state index in [0.717, 1.165) is 18.5 Å². The SMILES string of the molecule is CCCNC(c1cccc(C)c1C)c1c(F)cccc1Cl. The third kappa shape index (κ3) is 3.45. The van der Waals surface area contributed by atoms with Gasteiger partial charge in [0.15, 0.2) is 0 Å². The van der Waals surface area contributed by atoms with Gasteiger partial charge in [-0.2, -0.15) is 0 Å². The van der Waals surface area contributed by atoms with Crippen molar-refractivity contribution in [2.75, 3.05) is 6.54 Å². The highest BCUT2D eigenvalue weighted by Gasteiger charge is 2.22. The molecule has 0 bridgehead atoms. The molecule has 0 saturated heterocycles. The molecule has 2 aromatic carbocycles. The Balaban J connectivity index is 2.55. The second-order valence-corrected chi connectivity index (χ2v) is 5.72. The fourth-order valence-electron chi connectivity index (χ4n) is 2.53. The lowest BCUT2D eigenvalue weighted by atomic mass is 9.92. The molecule has 21 heavy (non-hydrogen) atoms. The van der Waals surface area contributed by atoms with Gasteiger partial charge in [0.1, 0.15) is 5.82 Å². The summed E-state index contributed by atoms with van der Waals surface area (Å²) >= 11 is 6.27. The molecule has 2 rings (SSSR count). The Morgan fingerprint density at radius 3 is 2.52 bits per heavy atom. The summed E-state index contributed by atoms with van der Waals surface area (Å²) in [4.78, 5) is 0. The third-order valence-corrected chi connectivity index (χ3v) is 4.17. The minimum atomic E-state index is -0.267. The average Bonchev–Trinajstić information content (AvgIpc) is 2.45. The highest BCUT2D eigenvalue weighted by atomic mass is 35.5. The maximum absolute atomic E-state index is 14.3. The maximum atomic E-state index is 14.3. The van der Waals surface area contributed by atoms with Gasteiger partial charge in [0, 0.05) is 10.6 Å². The first-order chi connectivity index (χ1) is 10.1. The number of hydrogen-bond donors (Lipinski definition) is 1. The summed E-state index contributed by atoms with van der Waals surface area (Å²) in [5.74, 6) is -0.267. The van der Waals surface area contributed by atoms with E-state index in [4.69, 9.17) is 11.6 Å². The van der Waals surface area contributed by atoms with Gasteiger partial charge in [-0.05, 0) is 55.6 Å². The van der Waals surface area contributed by atoms with Crippen molar-refractivity contribution in [3.63, 3.8) is 0 Å². The molecule has 1 unspecified atom stereocenters. The van der Waals surface area contributed by atoms with Crippen LogP contribution in [0.2, 0.25) is 5.02 Å². The molecule has 1 atom stereocenters. The first kappa shape index (κ1) is 16.0. The molecule has 0 aliphatic heterocycles. The van der Waals surface area contributed by atoms with Crippen molar-refractivity contribution in [1.82, 2.24) is 5.32 Å². The van der Waals surface area contributed by atoms with Gasteiger partial charge in [0.25, 0.3) is 0 Å². The average molecular weight is 306 g/mol. The molecule has 0 aliphatic carbocycles. The van der Waals surface area contributed by atoms with Crippen LogP contribution in [0.15, 0.2) is 36.4 Å². The molecule has 0 aromatic heterocycles. The lowest BCUT2D eigenvalue weighted by molar-refractivity contribution is 0.545. The minimum absolute atomic E-state index is 0.224. The van der Waals surface area contributed by atoms with E-state index in [1.165, 1.54) is 17.2 Å². The van der Waals surface area contributed by atoms with E-state index < -0.39 is 0 Å². The number of nitrogens with one attached hydrogen (secondary N) is 1. The summed E-state index contributed by atoms with van der Waals surface area (Å²) in [5.41, 5.74) is 3.98. The molecular formula is C18H21ClFN. The summed E-state index contributed by atoms with van der Waals surface area (Å²) in [7, 11) is 0. The fourth-order valence-corrected chi connectivity index (χ4v) is 2.80. The van der Waals surface area contributed by atoms with Gasteiger partial charge < -0.3 is 5.32 Å². The van der Waals surface area contributed by atoms with Gasteiger partial charge in [0.2, 0.25) is 0 Å². The molecule has 112 valence electrons. The zero-order valence-electron chi connectivity index (χ0n) is 12.7. The standard InChI is InChI=1S/C18H21ClFN/c1-4-11-21-18(14-8-5-7-12(2)13(14)3)17-15(19)9-6-10-16(17)20/h5-10,18,21H,4,11H2,1-3H3. The van der Waals surface area contributed by atoms with Crippen molar-refractivity contribution in [1.29, 1.82) is 0 Å². The van der Waals surface area contributed by atoms with E-state index in [2.05, 4.69) is 32.2 Å². The lowest BCUT2D eigenvalue weighted by Gasteiger charge is -2.23. The largest absolute Gasteiger partial charge is 0.306 e. The Labute approximate surface area is 131 Å². The molecule has 2 aromatic rings. The van der Waals surface area contributed by atoms with Gasteiger partial charge >= 0.3 is 0 Å². The van der Waals surface area contributed by atoms with Crippen molar-refractivity contribution in [3.8, 4) is 0 Å². The lowest BCUT2D eigenvalue weighted by Crippen LogP contribution is -2.25. The number of halogens is 2. The van der Waals surface area contributed by atoms with E-state index >= 15 is 0 Å². The van der Waals surface area contributed by atoms with Crippen LogP contribution in [0, 0.1) is 19.7 Å². The van der Waals surface area contributed by atoms with Crippen molar-refractivity contribution in [2.45, 2.75) is 33.2 Å². The third-order valence-electron chi connectivity index (χ3n) is 3.84. The molecule has 3 heteroatoms. The smallest absolute Gasteiger partial charge is 0.129 e. The highest BCUT2D eigenvalue weighted by Crippen LogP contribution is 2.33. The Morgan fingerprint density at radius 2 is 1.86 bits per heavy atom. The van der Waals surface area contributed by atoms with E-state index in [1.807, 2.05) is 12.1 Å². The molecular weight excluding hydrogens is 285 g/mol. The topological polar surface area (TPSA) is 12.0 Å². The van der Waals surface area contributed by atoms with Crippen molar-refractivity contribution >= 4 is 11.6 Å². The Kier molecular flexibility index (Phi) is 5.38. The maximum Gasteiger partial charge on any atom is 0.129 e. The predicted molar refractivity (Wildman–Crippen MR) is 87.5 cm³/mol. The van der Waals surface area contributed by atoms with Crippen LogP contribution in [-0.4, -0.2) is 6.54 Å². The summed E-state index contributed by atoms with van der Waals surface area (Å²) in [5, 5.41) is 3.89. The van der Waals surface area contributed by atoms with Crippen LogP contribution in [0.4, 0.5) is 4.39 Å². The fraction of sp³-hybridized carbons (Fsp3) is 0.333. The van der Waals surface area contributed by atoms with Gasteiger partial charge in [-0.15, -0.1) is 0 Å².